The van der Waals surface area contributed by atoms with Crippen LogP contribution in [0.3, 0.4) is 0 Å². The van der Waals surface area contributed by atoms with Crippen molar-refractivity contribution in [3.8, 4) is 11.1 Å². The molecule has 0 aliphatic heterocycles. The van der Waals surface area contributed by atoms with Gasteiger partial charge in [-0.05, 0) is 41.5 Å². The van der Waals surface area contributed by atoms with Crippen molar-refractivity contribution in [2.75, 3.05) is 20.2 Å². The SMILES string of the molecule is CCN(CC)[SiH](OC)c1ccc(-c2cc(F)cc(F)c2)cc1. The minimum absolute atomic E-state index is 0.544. The topological polar surface area (TPSA) is 12.5 Å². The van der Waals surface area contributed by atoms with Gasteiger partial charge in [0.25, 0.3) is 9.20 Å². The molecular formula is C17H21F2NOSi. The normalized spacial score (nSPS) is 12.6. The summed E-state index contributed by atoms with van der Waals surface area (Å²) in [6, 6.07) is 11.3. The van der Waals surface area contributed by atoms with E-state index in [2.05, 4.69) is 18.4 Å². The number of nitrogens with zero attached hydrogens (tertiary/aromatic N) is 1. The Hall–Kier alpha value is -1.56. The molecule has 118 valence electrons. The molecule has 2 aromatic carbocycles. The van der Waals surface area contributed by atoms with Gasteiger partial charge < -0.3 is 8.99 Å². The molecule has 0 heterocycles. The molecule has 0 bridgehead atoms. The summed E-state index contributed by atoms with van der Waals surface area (Å²) in [7, 11) is 0.106. The molecule has 2 rings (SSSR count). The number of halogens is 2. The minimum atomic E-state index is -1.64. The van der Waals surface area contributed by atoms with Gasteiger partial charge in [0, 0.05) is 13.2 Å². The third-order valence-corrected chi connectivity index (χ3v) is 6.55. The van der Waals surface area contributed by atoms with Gasteiger partial charge >= 0.3 is 0 Å². The summed E-state index contributed by atoms with van der Waals surface area (Å²) in [6.45, 7) is 6.12. The van der Waals surface area contributed by atoms with Crippen molar-refractivity contribution >= 4 is 14.4 Å². The van der Waals surface area contributed by atoms with Crippen molar-refractivity contribution in [1.29, 1.82) is 0 Å². The van der Waals surface area contributed by atoms with Gasteiger partial charge in [-0.2, -0.15) is 0 Å². The first-order valence-corrected chi connectivity index (χ1v) is 8.98. The summed E-state index contributed by atoms with van der Waals surface area (Å²) in [5.41, 5.74) is 1.34. The molecule has 0 aliphatic rings. The Morgan fingerprint density at radius 2 is 1.45 bits per heavy atom. The van der Waals surface area contributed by atoms with Gasteiger partial charge in [-0.1, -0.05) is 38.1 Å². The Balaban J connectivity index is 2.29. The van der Waals surface area contributed by atoms with Crippen molar-refractivity contribution in [3.05, 3.63) is 54.1 Å². The van der Waals surface area contributed by atoms with E-state index in [1.165, 1.54) is 12.1 Å². The van der Waals surface area contributed by atoms with E-state index < -0.39 is 20.8 Å². The molecule has 0 saturated carbocycles. The summed E-state index contributed by atoms with van der Waals surface area (Å²) >= 11 is 0. The first-order chi connectivity index (χ1) is 10.6. The highest BCUT2D eigenvalue weighted by Gasteiger charge is 2.20. The molecule has 0 fully saturated rings. The maximum atomic E-state index is 13.3. The van der Waals surface area contributed by atoms with Crippen LogP contribution < -0.4 is 5.19 Å². The van der Waals surface area contributed by atoms with Gasteiger partial charge in [0.1, 0.15) is 11.6 Å². The fraction of sp³-hybridized carbons (Fsp3) is 0.294. The van der Waals surface area contributed by atoms with Crippen molar-refractivity contribution < 1.29 is 13.2 Å². The predicted molar refractivity (Wildman–Crippen MR) is 88.5 cm³/mol. The van der Waals surface area contributed by atoms with E-state index in [-0.39, 0.29) is 0 Å². The molecule has 0 saturated heterocycles. The van der Waals surface area contributed by atoms with Crippen LogP contribution in [0.25, 0.3) is 11.1 Å². The maximum absolute atomic E-state index is 13.3. The van der Waals surface area contributed by atoms with Crippen LogP contribution in [-0.2, 0) is 4.43 Å². The molecule has 0 aliphatic carbocycles. The van der Waals surface area contributed by atoms with E-state index >= 15 is 0 Å². The van der Waals surface area contributed by atoms with E-state index in [9.17, 15) is 8.78 Å². The summed E-state index contributed by atoms with van der Waals surface area (Å²) in [4.78, 5) is 0. The largest absolute Gasteiger partial charge is 0.405 e. The number of hydrogen-bond acceptors (Lipinski definition) is 2. The lowest BCUT2D eigenvalue weighted by Gasteiger charge is -2.26. The maximum Gasteiger partial charge on any atom is 0.287 e. The smallest absolute Gasteiger partial charge is 0.287 e. The summed E-state index contributed by atoms with van der Waals surface area (Å²) in [5, 5.41) is 1.16. The molecule has 0 N–H and O–H groups in total. The zero-order valence-corrected chi connectivity index (χ0v) is 14.3. The highest BCUT2D eigenvalue weighted by atomic mass is 28.3. The van der Waals surface area contributed by atoms with Crippen LogP contribution in [-0.4, -0.2) is 34.0 Å². The number of benzene rings is 2. The van der Waals surface area contributed by atoms with Gasteiger partial charge in [0.05, 0.1) is 0 Å². The standard InChI is InChI=1S/C17H21F2NOSi/c1-4-20(5-2)22(21-3)17-8-6-13(7-9-17)14-10-15(18)12-16(19)11-14/h6-12,22H,4-5H2,1-3H3. The van der Waals surface area contributed by atoms with E-state index in [0.717, 1.165) is 29.9 Å². The van der Waals surface area contributed by atoms with Gasteiger partial charge in [-0.3, -0.25) is 0 Å². The molecule has 1 atom stereocenters. The Morgan fingerprint density at radius 3 is 1.91 bits per heavy atom. The van der Waals surface area contributed by atoms with Gasteiger partial charge in [0.2, 0.25) is 0 Å². The van der Waals surface area contributed by atoms with E-state index in [4.69, 9.17) is 4.43 Å². The lowest BCUT2D eigenvalue weighted by Crippen LogP contribution is -2.49. The quantitative estimate of drug-likeness (QED) is 0.758. The Kier molecular flexibility index (Phi) is 5.82. The van der Waals surface area contributed by atoms with Gasteiger partial charge in [0.15, 0.2) is 0 Å². The van der Waals surface area contributed by atoms with Crippen LogP contribution in [0.2, 0.25) is 0 Å². The van der Waals surface area contributed by atoms with Crippen LogP contribution >= 0.6 is 0 Å². The van der Waals surface area contributed by atoms with Gasteiger partial charge in [-0.25, -0.2) is 8.78 Å². The van der Waals surface area contributed by atoms with Gasteiger partial charge in [-0.15, -0.1) is 0 Å². The zero-order valence-electron chi connectivity index (χ0n) is 13.1. The highest BCUT2D eigenvalue weighted by Crippen LogP contribution is 2.21. The lowest BCUT2D eigenvalue weighted by molar-refractivity contribution is 0.339. The number of rotatable bonds is 6. The minimum Gasteiger partial charge on any atom is -0.405 e. The van der Waals surface area contributed by atoms with E-state index in [0.29, 0.717) is 5.56 Å². The molecule has 2 aromatic rings. The van der Waals surface area contributed by atoms with Crippen molar-refractivity contribution in [1.82, 2.24) is 4.57 Å². The van der Waals surface area contributed by atoms with E-state index in [1.54, 1.807) is 7.11 Å². The molecule has 0 aromatic heterocycles. The molecule has 1 unspecified atom stereocenters. The van der Waals surface area contributed by atoms with E-state index in [1.807, 2.05) is 24.3 Å². The van der Waals surface area contributed by atoms with Crippen LogP contribution in [0, 0.1) is 11.6 Å². The number of hydrogen-bond donors (Lipinski definition) is 0. The third-order valence-electron chi connectivity index (χ3n) is 3.76. The molecule has 0 spiro atoms. The Labute approximate surface area is 132 Å². The second-order valence-electron chi connectivity index (χ2n) is 5.09. The molecule has 5 heteroatoms. The predicted octanol–water partition coefficient (Wildman–Crippen LogP) is 3.05. The lowest BCUT2D eigenvalue weighted by atomic mass is 10.1. The molecule has 22 heavy (non-hydrogen) atoms. The average Bonchev–Trinajstić information content (AvgIpc) is 2.52. The monoisotopic (exact) mass is 321 g/mol. The Bertz CT molecular complexity index is 594. The molecule has 2 nitrogen and oxygen atoms in total. The van der Waals surface area contributed by atoms with Crippen LogP contribution in [0.4, 0.5) is 8.78 Å². The fourth-order valence-corrected chi connectivity index (χ4v) is 4.79. The van der Waals surface area contributed by atoms with Crippen LogP contribution in [0.5, 0.6) is 0 Å². The fourth-order valence-electron chi connectivity index (χ4n) is 2.61. The van der Waals surface area contributed by atoms with Crippen molar-refractivity contribution in [2.24, 2.45) is 0 Å². The second kappa shape index (κ2) is 7.62. The summed E-state index contributed by atoms with van der Waals surface area (Å²) in [6.07, 6.45) is 0. The van der Waals surface area contributed by atoms with Crippen LogP contribution in [0.15, 0.2) is 42.5 Å². The summed E-state index contributed by atoms with van der Waals surface area (Å²) in [5.74, 6) is -1.13. The van der Waals surface area contributed by atoms with Crippen molar-refractivity contribution in [2.45, 2.75) is 13.8 Å². The Morgan fingerprint density at radius 1 is 0.909 bits per heavy atom. The summed E-state index contributed by atoms with van der Waals surface area (Å²) < 4.78 is 34.7. The van der Waals surface area contributed by atoms with Crippen LogP contribution in [0.1, 0.15) is 13.8 Å². The molecule has 0 radical (unpaired) electrons. The third kappa shape index (κ3) is 3.79. The zero-order chi connectivity index (χ0) is 16.1. The first-order valence-electron chi connectivity index (χ1n) is 7.42. The highest BCUT2D eigenvalue weighted by molar-refractivity contribution is 6.64. The average molecular weight is 321 g/mol. The molecule has 0 amide bonds. The molecular weight excluding hydrogens is 300 g/mol. The second-order valence-corrected chi connectivity index (χ2v) is 7.66. The first kappa shape index (κ1) is 16.8. The van der Waals surface area contributed by atoms with Crippen molar-refractivity contribution in [3.63, 3.8) is 0 Å².